The molecular formula is C131H192N12O2S. The maximum absolute atomic E-state index is 11.1. The molecule has 15 heteroatoms. The van der Waals surface area contributed by atoms with Gasteiger partial charge in [0.2, 0.25) is 11.8 Å². The number of rotatable bonds is 0. The third kappa shape index (κ3) is 47.8. The van der Waals surface area contributed by atoms with E-state index in [0.29, 0.717) is 34.0 Å². The molecule has 6 aliphatic rings. The molecule has 0 radical (unpaired) electrons. The number of aryl methyl sites for hydroxylation is 1. The zero-order valence-electron chi connectivity index (χ0n) is 98.8. The van der Waals surface area contributed by atoms with Crippen LogP contribution in [0.1, 0.15) is 383 Å². The number of thiophene rings is 1. The summed E-state index contributed by atoms with van der Waals surface area (Å²) in [5.41, 5.74) is 25.1. The molecule has 0 atom stereocenters. The maximum atomic E-state index is 11.1. The molecule has 794 valence electrons. The molecule has 11 aromatic rings. The molecular weight excluding hydrogens is 1810 g/mol. The number of imidazole rings is 1. The van der Waals surface area contributed by atoms with Crippen LogP contribution in [0.25, 0.3) is 16.6 Å². The first-order valence-corrected chi connectivity index (χ1v) is 53.6. The van der Waals surface area contributed by atoms with Crippen molar-refractivity contribution in [1.29, 1.82) is 0 Å². The molecule has 2 aliphatic carbocycles. The molecule has 3 N–H and O–H groups in total. The average molecular weight is 2000 g/mol. The van der Waals surface area contributed by atoms with Crippen LogP contribution in [0.3, 0.4) is 0 Å². The Bertz CT molecular complexity index is 5520. The largest absolute Gasteiger partial charge is 0.342 e. The highest BCUT2D eigenvalue weighted by atomic mass is 32.1. The number of carbonyl (C=O) groups excluding carboxylic acids is 2. The van der Waals surface area contributed by atoms with Gasteiger partial charge >= 0.3 is 0 Å². The summed E-state index contributed by atoms with van der Waals surface area (Å²) in [6.07, 6.45) is 26.7. The van der Waals surface area contributed by atoms with E-state index in [1.54, 1.807) is 11.3 Å². The number of nitrogens with one attached hydrogen (secondary N) is 3. The van der Waals surface area contributed by atoms with Gasteiger partial charge in [-0.3, -0.25) is 34.6 Å². The van der Waals surface area contributed by atoms with Gasteiger partial charge in [-0.2, -0.15) is 16.4 Å². The van der Waals surface area contributed by atoms with E-state index in [1.165, 1.54) is 73.3 Å². The summed E-state index contributed by atoms with van der Waals surface area (Å²) in [5, 5.41) is 13.8. The lowest BCUT2D eigenvalue weighted by Gasteiger charge is -2.31. The van der Waals surface area contributed by atoms with Gasteiger partial charge in [0, 0.05) is 87.5 Å². The van der Waals surface area contributed by atoms with E-state index in [-0.39, 0.29) is 60.2 Å². The minimum absolute atomic E-state index is 0.0353. The molecule has 4 aliphatic heterocycles. The normalized spacial score (nSPS) is 14.2. The Balaban J connectivity index is 0.000000328. The Kier molecular flexibility index (Phi) is 48.5. The van der Waals surface area contributed by atoms with Gasteiger partial charge in [-0.25, -0.2) is 15.0 Å². The van der Waals surface area contributed by atoms with Crippen LogP contribution >= 0.6 is 11.3 Å². The zero-order chi connectivity index (χ0) is 111. The van der Waals surface area contributed by atoms with Gasteiger partial charge in [0.1, 0.15) is 23.8 Å². The molecule has 1 saturated heterocycles. The molecule has 0 spiro atoms. The molecule has 0 bridgehead atoms. The third-order valence-corrected chi connectivity index (χ3v) is 24.9. The number of nitrogens with zero attached hydrogens (tertiary/aromatic N) is 9. The predicted octanol–water partition coefficient (Wildman–Crippen LogP) is 35.1. The van der Waals surface area contributed by atoms with Crippen LogP contribution in [0, 0.1) is 28.6 Å². The number of allylic oxidation sites excluding steroid dienone is 7. The van der Waals surface area contributed by atoms with Crippen LogP contribution in [0.15, 0.2) is 281 Å². The van der Waals surface area contributed by atoms with E-state index >= 15 is 0 Å². The first-order valence-electron chi connectivity index (χ1n) is 52.6. The van der Waals surface area contributed by atoms with E-state index in [1.807, 2.05) is 66.1 Å². The van der Waals surface area contributed by atoms with Gasteiger partial charge in [-0.05, 0) is 217 Å². The van der Waals surface area contributed by atoms with Gasteiger partial charge in [0.15, 0.2) is 0 Å². The van der Waals surface area contributed by atoms with Crippen LogP contribution in [0.4, 0.5) is 5.69 Å². The number of carbonyl (C=O) groups is 2. The smallest absolute Gasteiger partial charge is 0.228 e. The third-order valence-electron chi connectivity index (χ3n) is 24.2. The molecule has 0 unspecified atom stereocenters. The number of aliphatic imine (C=N–C) groups is 3. The topological polar surface area (TPSA) is 183 Å². The second-order valence-corrected chi connectivity index (χ2v) is 53.3. The van der Waals surface area contributed by atoms with E-state index in [0.717, 1.165) is 90.8 Å². The number of hydrogen-bond acceptors (Lipinski definition) is 11. The zero-order valence-corrected chi connectivity index (χ0v) is 99.6. The summed E-state index contributed by atoms with van der Waals surface area (Å²) in [7, 11) is 0. The van der Waals surface area contributed by atoms with Gasteiger partial charge in [-0.15, -0.1) is 0 Å². The average Bonchev–Trinajstić information content (AvgIpc) is 1.66. The van der Waals surface area contributed by atoms with Crippen LogP contribution in [-0.2, 0) is 71.2 Å². The van der Waals surface area contributed by atoms with Gasteiger partial charge in [0.05, 0.1) is 30.5 Å². The fraction of sp³-hybridized carbons (Fsp3) is 0.496. The van der Waals surface area contributed by atoms with Crippen molar-refractivity contribution in [1.82, 2.24) is 40.0 Å². The van der Waals surface area contributed by atoms with Crippen molar-refractivity contribution in [2.24, 2.45) is 36.6 Å². The van der Waals surface area contributed by atoms with Crippen molar-refractivity contribution in [3.63, 3.8) is 0 Å². The number of H-pyrrole nitrogens is 2. The number of hydrogen-bond donors (Lipinski definition) is 3. The minimum atomic E-state index is 0.0353. The number of anilines is 1. The quantitative estimate of drug-likeness (QED) is 0.135. The van der Waals surface area contributed by atoms with Crippen LogP contribution in [-0.4, -0.2) is 94.8 Å². The van der Waals surface area contributed by atoms with Crippen molar-refractivity contribution >= 4 is 63.2 Å². The highest BCUT2D eigenvalue weighted by Gasteiger charge is 2.31. The van der Waals surface area contributed by atoms with Crippen LogP contribution in [0.2, 0.25) is 0 Å². The number of aromatic amines is 2. The molecule has 0 saturated carbocycles. The van der Waals surface area contributed by atoms with Crippen LogP contribution in [0.5, 0.6) is 0 Å². The second kappa shape index (κ2) is 55.7. The molecule has 2 amide bonds. The SMILES string of the molecule is CC(C)(C)C1=CCC=C1.CC(C)(C)C1=CCc2ccccc21.CC(C)(C)C1=NCC=C1.CC(C)(C)C1=NCC=N1.CC(C)(C)N1CCCC1=O.CC(C)(C)c1ccc2c(c1)NC(=O)C2.CC(C)(C)c1ccccc1.CC(C)(C)c1ccccc1.CC(C)(C)c1ccccn1.CC(C)(C)c1ccncc1.CC(C)(C)c1ccsc1.CC(C)(C)c1nc2ccccc2[nH]1.CC(C)(C)c1ncn[nH]1.Cc1ccc(C(C)(C)C)cc1. The summed E-state index contributed by atoms with van der Waals surface area (Å²) in [6.45, 7) is 96.5. The van der Waals surface area contributed by atoms with Crippen molar-refractivity contribution in [2.45, 2.75) is 384 Å². The van der Waals surface area contributed by atoms with E-state index in [2.05, 4.69) is 552 Å². The summed E-state index contributed by atoms with van der Waals surface area (Å²) in [5.74, 6) is 3.37. The first kappa shape index (κ1) is 127. The van der Waals surface area contributed by atoms with Gasteiger partial charge in [-0.1, -0.05) is 445 Å². The Labute approximate surface area is 891 Å². The molecule has 14 nitrogen and oxygen atoms in total. The van der Waals surface area contributed by atoms with E-state index < -0.39 is 0 Å². The Morgan fingerprint density at radius 1 is 0.404 bits per heavy atom. The summed E-state index contributed by atoms with van der Waals surface area (Å²) in [6, 6.07) is 65.2. The van der Waals surface area contributed by atoms with E-state index in [9.17, 15) is 9.59 Å². The monoisotopic (exact) mass is 2000 g/mol. The highest BCUT2D eigenvalue weighted by molar-refractivity contribution is 7.08. The van der Waals surface area contributed by atoms with Crippen molar-refractivity contribution in [3.8, 4) is 0 Å². The Morgan fingerprint density at radius 2 is 0.918 bits per heavy atom. The standard InChI is InChI=1S/C13H16.C12H15NO.C11H14N2.C11H16.2C10H14.2C9H13N.C9H14.C8H15NO.C8H13N.C8H12S.C7H12N2.C6H11N3/c1-13(2,3)12-9-8-10-6-4-5-7-11(10)12;1-12(2,3)9-5-4-8-6-11(14)13-10(8)7-9;1-11(2,3)10-12-8-6-4-5-7-9(8)13-10;1-9-5-7-10(8-6-9)11(2,3)4;2*1-10(2,3)9-7-5-4-6-8-9;1-9(2,3)8-4-6-10-7-5-8;1-9(2,3)8-6-4-5-7-10-8;1-9(2,3)8-6-4-5-7-8;1-8(2,3)9-6-4-5-7(9)10;1-8(2,3)7-5-4-6-9-7;1-8(2,3)7-4-5-9-6-7;1-7(2,3)6-8-4-5-9-6;1-6(2,3)5-7-4-8-9-5/h4-7,9H,8H2,1-3H3;4-5,7H,6H2,1-3H3,(H,13,14);4-7H,1-3H3,(H,12,13);5-8H,1-4H3;2*4-8H,1-3H3;2*4-7H,1-3H3;4,6-7H,5H2,1-3H3;4-6H2,1-3H3;4-5H,6H2,1-3H3;4-6H,1-3H3;4H,5H2,1-3H3;4H,1-3H3,(H,7,8,9). The first-order chi connectivity index (χ1) is 67.1. The number of benzene rings is 6. The molecule has 6 aromatic carbocycles. The lowest BCUT2D eigenvalue weighted by atomic mass is 9.83. The number of amides is 2. The number of likely N-dealkylation sites (tertiary alicyclic amines) is 1. The van der Waals surface area contributed by atoms with Crippen LogP contribution < -0.4 is 5.32 Å². The number of pyridine rings is 2. The van der Waals surface area contributed by atoms with E-state index in [4.69, 9.17) is 0 Å². The summed E-state index contributed by atoms with van der Waals surface area (Å²) >= 11 is 1.77. The summed E-state index contributed by atoms with van der Waals surface area (Å²) in [4.78, 5) is 57.0. The fourth-order valence-corrected chi connectivity index (χ4v) is 15.7. The predicted molar refractivity (Wildman–Crippen MR) is 637 cm³/mol. The Hall–Kier alpha value is -11.2. The number of fused-ring (bicyclic) bond motifs is 3. The molecule has 17 rings (SSSR count). The lowest BCUT2D eigenvalue weighted by Crippen LogP contribution is -2.41. The molecule has 1 fully saturated rings. The molecule has 146 heavy (non-hydrogen) atoms. The van der Waals surface area contributed by atoms with Crippen molar-refractivity contribution in [3.05, 3.63) is 339 Å². The minimum Gasteiger partial charge on any atom is -0.342 e. The molecule has 9 heterocycles. The summed E-state index contributed by atoms with van der Waals surface area (Å²) < 4.78 is 0. The number of para-hydroxylation sites is 2. The van der Waals surface area contributed by atoms with Crippen molar-refractivity contribution < 1.29 is 9.59 Å². The number of aromatic nitrogens is 7. The van der Waals surface area contributed by atoms with Crippen molar-refractivity contribution in [2.75, 3.05) is 25.0 Å². The Morgan fingerprint density at radius 3 is 1.27 bits per heavy atom. The fourth-order valence-electron chi connectivity index (χ4n) is 14.8. The van der Waals surface area contributed by atoms with Gasteiger partial charge < -0.3 is 15.2 Å². The molecule has 5 aromatic heterocycles. The lowest BCUT2D eigenvalue weighted by molar-refractivity contribution is -0.131. The highest BCUT2D eigenvalue weighted by Crippen LogP contribution is 2.41. The maximum Gasteiger partial charge on any atom is 0.228 e. The van der Waals surface area contributed by atoms with Gasteiger partial charge in [0.25, 0.3) is 0 Å². The second-order valence-electron chi connectivity index (χ2n) is 52.5. The number of amidine groups is 1.